The molecule has 25 heavy (non-hydrogen) atoms. The standard InChI is InChI=1S/C20H23NO4/c1-3-24-19(22)14-18(16-10-6-4-7-11-16)21-20(23)15(2)25-17-12-8-5-9-13-17/h4-13,15,18H,3,14H2,1-2H3,(H,21,23). The van der Waals surface area contributed by atoms with Crippen molar-refractivity contribution in [2.45, 2.75) is 32.4 Å². The van der Waals surface area contributed by atoms with Crippen LogP contribution >= 0.6 is 0 Å². The van der Waals surface area contributed by atoms with Gasteiger partial charge in [0.15, 0.2) is 6.10 Å². The van der Waals surface area contributed by atoms with Crippen molar-refractivity contribution < 1.29 is 19.1 Å². The van der Waals surface area contributed by atoms with E-state index in [0.717, 1.165) is 5.56 Å². The van der Waals surface area contributed by atoms with Gasteiger partial charge in [-0.3, -0.25) is 9.59 Å². The highest BCUT2D eigenvalue weighted by Crippen LogP contribution is 2.18. The van der Waals surface area contributed by atoms with E-state index in [4.69, 9.17) is 9.47 Å². The average molecular weight is 341 g/mol. The molecule has 0 fully saturated rings. The molecular weight excluding hydrogens is 318 g/mol. The number of esters is 1. The molecule has 5 nitrogen and oxygen atoms in total. The van der Waals surface area contributed by atoms with Gasteiger partial charge in [-0.05, 0) is 31.5 Å². The molecule has 5 heteroatoms. The molecule has 2 unspecified atom stereocenters. The summed E-state index contributed by atoms with van der Waals surface area (Å²) in [5.74, 6) is -0.0258. The second kappa shape index (κ2) is 9.47. The molecule has 2 rings (SSSR count). The van der Waals surface area contributed by atoms with Crippen molar-refractivity contribution in [3.8, 4) is 5.75 Å². The zero-order valence-corrected chi connectivity index (χ0v) is 14.5. The third kappa shape index (κ3) is 5.95. The lowest BCUT2D eigenvalue weighted by Gasteiger charge is -2.21. The quantitative estimate of drug-likeness (QED) is 0.749. The van der Waals surface area contributed by atoms with E-state index >= 15 is 0 Å². The lowest BCUT2D eigenvalue weighted by Crippen LogP contribution is -2.39. The van der Waals surface area contributed by atoms with Crippen molar-refractivity contribution in [2.24, 2.45) is 0 Å². The van der Waals surface area contributed by atoms with Gasteiger partial charge in [0.1, 0.15) is 5.75 Å². The van der Waals surface area contributed by atoms with E-state index < -0.39 is 12.1 Å². The Morgan fingerprint density at radius 3 is 2.20 bits per heavy atom. The van der Waals surface area contributed by atoms with Crippen molar-refractivity contribution in [3.63, 3.8) is 0 Å². The second-order valence-corrected chi connectivity index (χ2v) is 5.55. The van der Waals surface area contributed by atoms with E-state index in [2.05, 4.69) is 5.32 Å². The summed E-state index contributed by atoms with van der Waals surface area (Å²) < 4.78 is 10.6. The third-order valence-electron chi connectivity index (χ3n) is 3.62. The maximum Gasteiger partial charge on any atom is 0.308 e. The molecule has 0 bridgehead atoms. The zero-order chi connectivity index (χ0) is 18.1. The van der Waals surface area contributed by atoms with Crippen LogP contribution in [0.25, 0.3) is 0 Å². The predicted octanol–water partition coefficient (Wildman–Crippen LogP) is 3.26. The van der Waals surface area contributed by atoms with Crippen LogP contribution in [-0.2, 0) is 14.3 Å². The molecule has 0 heterocycles. The minimum atomic E-state index is -0.684. The first kappa shape index (κ1) is 18.5. The van der Waals surface area contributed by atoms with E-state index in [1.54, 1.807) is 26.0 Å². The summed E-state index contributed by atoms with van der Waals surface area (Å²) in [6.07, 6.45) is -0.613. The molecule has 0 aliphatic carbocycles. The summed E-state index contributed by atoms with van der Waals surface area (Å²) in [4.78, 5) is 24.3. The first-order chi connectivity index (χ1) is 12.1. The molecule has 0 saturated heterocycles. The fourth-order valence-electron chi connectivity index (χ4n) is 2.37. The van der Waals surface area contributed by atoms with Gasteiger partial charge in [0, 0.05) is 0 Å². The molecule has 0 aliphatic heterocycles. The fourth-order valence-corrected chi connectivity index (χ4v) is 2.37. The highest BCUT2D eigenvalue weighted by atomic mass is 16.5. The Hall–Kier alpha value is -2.82. The molecule has 2 aromatic carbocycles. The Morgan fingerprint density at radius 2 is 1.60 bits per heavy atom. The Labute approximate surface area is 148 Å². The Bertz CT molecular complexity index is 673. The smallest absolute Gasteiger partial charge is 0.308 e. The van der Waals surface area contributed by atoms with E-state index in [-0.39, 0.29) is 18.3 Å². The van der Waals surface area contributed by atoms with Crippen molar-refractivity contribution in [1.82, 2.24) is 5.32 Å². The molecule has 0 aromatic heterocycles. The van der Waals surface area contributed by atoms with Gasteiger partial charge < -0.3 is 14.8 Å². The Balaban J connectivity index is 2.04. The summed E-state index contributed by atoms with van der Waals surface area (Å²) in [5, 5.41) is 2.88. The van der Waals surface area contributed by atoms with Crippen LogP contribution in [0.4, 0.5) is 0 Å². The largest absolute Gasteiger partial charge is 0.481 e. The lowest BCUT2D eigenvalue weighted by atomic mass is 10.0. The van der Waals surface area contributed by atoms with Gasteiger partial charge in [-0.25, -0.2) is 0 Å². The molecule has 1 amide bonds. The first-order valence-corrected chi connectivity index (χ1v) is 8.32. The Morgan fingerprint density at radius 1 is 1.00 bits per heavy atom. The van der Waals surface area contributed by atoms with Crippen LogP contribution in [0.2, 0.25) is 0 Å². The number of carbonyl (C=O) groups is 2. The second-order valence-electron chi connectivity index (χ2n) is 5.55. The van der Waals surface area contributed by atoms with Crippen molar-refractivity contribution in [1.29, 1.82) is 0 Å². The zero-order valence-electron chi connectivity index (χ0n) is 14.5. The molecular formula is C20H23NO4. The minimum Gasteiger partial charge on any atom is -0.481 e. The van der Waals surface area contributed by atoms with E-state index in [9.17, 15) is 9.59 Å². The van der Waals surface area contributed by atoms with Gasteiger partial charge in [-0.15, -0.1) is 0 Å². The molecule has 0 radical (unpaired) electrons. The SMILES string of the molecule is CCOC(=O)CC(NC(=O)C(C)Oc1ccccc1)c1ccccc1. The van der Waals surface area contributed by atoms with Crippen LogP contribution in [0, 0.1) is 0 Å². The summed E-state index contributed by atoms with van der Waals surface area (Å²) in [5.41, 5.74) is 0.843. The number of rotatable bonds is 8. The van der Waals surface area contributed by atoms with Crippen LogP contribution in [0.15, 0.2) is 60.7 Å². The molecule has 2 atom stereocenters. The number of para-hydroxylation sites is 1. The summed E-state index contributed by atoms with van der Waals surface area (Å²) >= 11 is 0. The van der Waals surface area contributed by atoms with Gasteiger partial charge in [-0.2, -0.15) is 0 Å². The normalized spacial score (nSPS) is 12.7. The van der Waals surface area contributed by atoms with E-state index in [1.807, 2.05) is 48.5 Å². The van der Waals surface area contributed by atoms with Crippen molar-refractivity contribution >= 4 is 11.9 Å². The average Bonchev–Trinajstić information content (AvgIpc) is 2.63. The molecule has 0 aliphatic rings. The monoisotopic (exact) mass is 341 g/mol. The number of carbonyl (C=O) groups excluding carboxylic acids is 2. The van der Waals surface area contributed by atoms with Gasteiger partial charge in [-0.1, -0.05) is 48.5 Å². The first-order valence-electron chi connectivity index (χ1n) is 8.32. The van der Waals surface area contributed by atoms with E-state index in [0.29, 0.717) is 12.4 Å². The highest BCUT2D eigenvalue weighted by molar-refractivity contribution is 5.82. The minimum absolute atomic E-state index is 0.0711. The van der Waals surface area contributed by atoms with Crippen LogP contribution < -0.4 is 10.1 Å². The third-order valence-corrected chi connectivity index (χ3v) is 3.62. The molecule has 2 aromatic rings. The number of benzene rings is 2. The molecule has 1 N–H and O–H groups in total. The molecule has 0 saturated carbocycles. The van der Waals surface area contributed by atoms with Gasteiger partial charge >= 0.3 is 5.97 Å². The number of hydrogen-bond acceptors (Lipinski definition) is 4. The van der Waals surface area contributed by atoms with Gasteiger partial charge in [0.05, 0.1) is 19.1 Å². The van der Waals surface area contributed by atoms with Gasteiger partial charge in [0.25, 0.3) is 5.91 Å². The predicted molar refractivity (Wildman–Crippen MR) is 95.1 cm³/mol. The maximum atomic E-state index is 12.5. The number of nitrogens with one attached hydrogen (secondary N) is 1. The molecule has 132 valence electrons. The summed E-state index contributed by atoms with van der Waals surface area (Å²) in [6, 6.07) is 18.0. The van der Waals surface area contributed by atoms with Gasteiger partial charge in [0.2, 0.25) is 0 Å². The fraction of sp³-hybridized carbons (Fsp3) is 0.300. The van der Waals surface area contributed by atoms with Crippen LogP contribution in [0.3, 0.4) is 0 Å². The van der Waals surface area contributed by atoms with Crippen LogP contribution in [0.5, 0.6) is 5.75 Å². The Kier molecular flexibility index (Phi) is 7.01. The van der Waals surface area contributed by atoms with E-state index in [1.165, 1.54) is 0 Å². The summed E-state index contributed by atoms with van der Waals surface area (Å²) in [7, 11) is 0. The highest BCUT2D eigenvalue weighted by Gasteiger charge is 2.23. The summed E-state index contributed by atoms with van der Waals surface area (Å²) in [6.45, 7) is 3.74. The lowest BCUT2D eigenvalue weighted by molar-refractivity contribution is -0.144. The topological polar surface area (TPSA) is 64.6 Å². The maximum absolute atomic E-state index is 12.5. The number of amides is 1. The number of ether oxygens (including phenoxy) is 2. The van der Waals surface area contributed by atoms with Crippen LogP contribution in [-0.4, -0.2) is 24.6 Å². The van der Waals surface area contributed by atoms with Crippen molar-refractivity contribution in [3.05, 3.63) is 66.2 Å². The number of hydrogen-bond donors (Lipinski definition) is 1. The van der Waals surface area contributed by atoms with Crippen molar-refractivity contribution in [2.75, 3.05) is 6.61 Å². The van der Waals surface area contributed by atoms with Crippen LogP contribution in [0.1, 0.15) is 31.9 Å². The molecule has 0 spiro atoms.